The Morgan fingerprint density at radius 3 is 2.85 bits per heavy atom. The van der Waals surface area contributed by atoms with Crippen LogP contribution < -0.4 is 10.1 Å². The molecule has 2 N–H and O–H groups in total. The van der Waals surface area contributed by atoms with Crippen molar-refractivity contribution in [3.63, 3.8) is 0 Å². The van der Waals surface area contributed by atoms with Crippen LogP contribution in [0.25, 0.3) is 11.6 Å². The number of aliphatic hydroxyl groups is 1. The maximum absolute atomic E-state index is 10.2. The molecule has 0 spiro atoms. The number of hydrogen-bond donors (Lipinski definition) is 2. The summed E-state index contributed by atoms with van der Waals surface area (Å²) < 4.78 is 6.34. The first-order valence-corrected chi connectivity index (χ1v) is 7.07. The van der Waals surface area contributed by atoms with Crippen molar-refractivity contribution >= 4 is 33.3 Å². The number of para-hydroxylation sites is 1. The normalized spacial score (nSPS) is 18.8. The molecule has 0 saturated carbocycles. The van der Waals surface area contributed by atoms with Gasteiger partial charge in [0.05, 0.1) is 7.11 Å². The van der Waals surface area contributed by atoms with Gasteiger partial charge in [-0.25, -0.2) is 0 Å². The third kappa shape index (κ3) is 2.32. The summed E-state index contributed by atoms with van der Waals surface area (Å²) in [6.07, 6.45) is 1.25. The molecule has 0 radical (unpaired) electrons. The second kappa shape index (κ2) is 5.31. The van der Waals surface area contributed by atoms with Gasteiger partial charge < -0.3 is 15.2 Å². The molecule has 3 rings (SSSR count). The van der Waals surface area contributed by atoms with Crippen molar-refractivity contribution in [3.8, 4) is 5.75 Å². The van der Waals surface area contributed by atoms with Gasteiger partial charge in [0.25, 0.3) is 0 Å². The lowest BCUT2D eigenvalue weighted by Gasteiger charge is -2.09. The standard InChI is InChI=1S/C16H14BrNO2/c1-20-15-7-6-11(17)8-10(15)9-13-12-4-2-3-5-14(12)18-16(13)19/h2-9,16,18-19H,1H3/b13-9-. The van der Waals surface area contributed by atoms with E-state index in [0.717, 1.165) is 32.6 Å². The van der Waals surface area contributed by atoms with Gasteiger partial charge in [0.1, 0.15) is 5.75 Å². The van der Waals surface area contributed by atoms with E-state index in [1.165, 1.54) is 0 Å². The number of halogens is 1. The van der Waals surface area contributed by atoms with E-state index < -0.39 is 6.23 Å². The second-order valence-corrected chi connectivity index (χ2v) is 5.49. The van der Waals surface area contributed by atoms with E-state index in [-0.39, 0.29) is 0 Å². The van der Waals surface area contributed by atoms with Crippen molar-refractivity contribution in [2.45, 2.75) is 6.23 Å². The molecule has 2 aromatic rings. The predicted molar refractivity (Wildman–Crippen MR) is 84.6 cm³/mol. The van der Waals surface area contributed by atoms with Gasteiger partial charge in [-0.05, 0) is 30.3 Å². The first-order valence-electron chi connectivity index (χ1n) is 6.28. The molecule has 1 heterocycles. The third-order valence-electron chi connectivity index (χ3n) is 3.33. The molecule has 0 amide bonds. The highest BCUT2D eigenvalue weighted by molar-refractivity contribution is 9.10. The first kappa shape index (κ1) is 13.2. The fraction of sp³-hybridized carbons (Fsp3) is 0.125. The van der Waals surface area contributed by atoms with Crippen molar-refractivity contribution in [1.29, 1.82) is 0 Å². The van der Waals surface area contributed by atoms with E-state index in [9.17, 15) is 5.11 Å². The van der Waals surface area contributed by atoms with E-state index >= 15 is 0 Å². The van der Waals surface area contributed by atoms with Crippen LogP contribution in [0.3, 0.4) is 0 Å². The molecule has 0 bridgehead atoms. The number of nitrogens with one attached hydrogen (secondary N) is 1. The third-order valence-corrected chi connectivity index (χ3v) is 3.82. The number of benzene rings is 2. The predicted octanol–water partition coefficient (Wildman–Crippen LogP) is 3.74. The monoisotopic (exact) mass is 331 g/mol. The van der Waals surface area contributed by atoms with Crippen LogP contribution in [-0.2, 0) is 0 Å². The average Bonchev–Trinajstić information content (AvgIpc) is 2.76. The molecular weight excluding hydrogens is 318 g/mol. The maximum atomic E-state index is 10.2. The highest BCUT2D eigenvalue weighted by atomic mass is 79.9. The number of methoxy groups -OCH3 is 1. The minimum atomic E-state index is -0.698. The summed E-state index contributed by atoms with van der Waals surface area (Å²) >= 11 is 3.46. The topological polar surface area (TPSA) is 41.5 Å². The lowest BCUT2D eigenvalue weighted by atomic mass is 10.0. The van der Waals surface area contributed by atoms with Crippen molar-refractivity contribution < 1.29 is 9.84 Å². The van der Waals surface area contributed by atoms with Gasteiger partial charge in [-0.1, -0.05) is 34.1 Å². The van der Waals surface area contributed by atoms with Crippen LogP contribution >= 0.6 is 15.9 Å². The Balaban J connectivity index is 2.11. The number of rotatable bonds is 2. The largest absolute Gasteiger partial charge is 0.496 e. The molecule has 20 heavy (non-hydrogen) atoms. The molecule has 3 nitrogen and oxygen atoms in total. The Labute approximate surface area is 126 Å². The summed E-state index contributed by atoms with van der Waals surface area (Å²) in [6, 6.07) is 13.7. The number of aliphatic hydroxyl groups excluding tert-OH is 1. The molecule has 0 aromatic heterocycles. The quantitative estimate of drug-likeness (QED) is 0.880. The van der Waals surface area contributed by atoms with Crippen LogP contribution in [0.4, 0.5) is 5.69 Å². The Hall–Kier alpha value is -1.78. The summed E-state index contributed by atoms with van der Waals surface area (Å²) in [5.74, 6) is 0.775. The van der Waals surface area contributed by atoms with Crippen molar-refractivity contribution in [2.75, 3.05) is 12.4 Å². The van der Waals surface area contributed by atoms with Crippen molar-refractivity contribution in [3.05, 3.63) is 58.1 Å². The SMILES string of the molecule is COc1ccc(Br)cc1/C=C1/c2ccccc2NC1O. The number of fused-ring (bicyclic) bond motifs is 1. The van der Waals surface area contributed by atoms with Gasteiger partial charge in [-0.2, -0.15) is 0 Å². The maximum Gasteiger partial charge on any atom is 0.151 e. The first-order chi connectivity index (χ1) is 9.69. The summed E-state index contributed by atoms with van der Waals surface area (Å²) in [7, 11) is 1.64. The highest BCUT2D eigenvalue weighted by Crippen LogP contribution is 2.36. The van der Waals surface area contributed by atoms with Gasteiger partial charge in [-0.3, -0.25) is 0 Å². The van der Waals surface area contributed by atoms with Crippen LogP contribution in [0.5, 0.6) is 5.75 Å². The smallest absolute Gasteiger partial charge is 0.151 e. The van der Waals surface area contributed by atoms with Crippen LogP contribution in [0.1, 0.15) is 11.1 Å². The second-order valence-electron chi connectivity index (χ2n) is 4.58. The Bertz CT molecular complexity index is 682. The van der Waals surface area contributed by atoms with E-state index in [1.54, 1.807) is 7.11 Å². The van der Waals surface area contributed by atoms with E-state index in [4.69, 9.17) is 4.74 Å². The van der Waals surface area contributed by atoms with Crippen LogP contribution in [0.2, 0.25) is 0 Å². The summed E-state index contributed by atoms with van der Waals surface area (Å²) in [6.45, 7) is 0. The Morgan fingerprint density at radius 1 is 1.25 bits per heavy atom. The lowest BCUT2D eigenvalue weighted by molar-refractivity contribution is 0.266. The number of hydrogen-bond acceptors (Lipinski definition) is 3. The molecule has 102 valence electrons. The minimum absolute atomic E-state index is 0.698. The van der Waals surface area contributed by atoms with Gasteiger partial charge in [0.15, 0.2) is 6.23 Å². The zero-order valence-corrected chi connectivity index (χ0v) is 12.5. The van der Waals surface area contributed by atoms with Gasteiger partial charge >= 0.3 is 0 Å². The van der Waals surface area contributed by atoms with E-state index in [2.05, 4.69) is 21.2 Å². The zero-order valence-electron chi connectivity index (χ0n) is 10.9. The number of anilines is 1. The molecular formula is C16H14BrNO2. The lowest BCUT2D eigenvalue weighted by Crippen LogP contribution is -2.12. The fourth-order valence-corrected chi connectivity index (χ4v) is 2.75. The average molecular weight is 332 g/mol. The van der Waals surface area contributed by atoms with Gasteiger partial charge in [0.2, 0.25) is 0 Å². The molecule has 0 saturated heterocycles. The van der Waals surface area contributed by atoms with E-state index in [0.29, 0.717) is 0 Å². The Morgan fingerprint density at radius 2 is 2.05 bits per heavy atom. The number of ether oxygens (including phenoxy) is 1. The summed E-state index contributed by atoms with van der Waals surface area (Å²) in [5.41, 5.74) is 3.73. The van der Waals surface area contributed by atoms with Crippen LogP contribution in [-0.4, -0.2) is 18.4 Å². The van der Waals surface area contributed by atoms with Gasteiger partial charge in [-0.15, -0.1) is 0 Å². The molecule has 1 atom stereocenters. The molecule has 0 fully saturated rings. The molecule has 1 unspecified atom stereocenters. The van der Waals surface area contributed by atoms with Gasteiger partial charge in [0, 0.05) is 26.9 Å². The fourth-order valence-electron chi connectivity index (χ4n) is 2.38. The molecule has 1 aliphatic heterocycles. The summed E-state index contributed by atoms with van der Waals surface area (Å²) in [4.78, 5) is 0. The van der Waals surface area contributed by atoms with Crippen molar-refractivity contribution in [1.82, 2.24) is 0 Å². The summed E-state index contributed by atoms with van der Waals surface area (Å²) in [5, 5.41) is 13.2. The molecule has 1 aliphatic rings. The van der Waals surface area contributed by atoms with E-state index in [1.807, 2.05) is 48.5 Å². The van der Waals surface area contributed by atoms with Crippen LogP contribution in [0, 0.1) is 0 Å². The van der Waals surface area contributed by atoms with Crippen LogP contribution in [0.15, 0.2) is 46.9 Å². The van der Waals surface area contributed by atoms with Crippen molar-refractivity contribution in [2.24, 2.45) is 0 Å². The molecule has 2 aromatic carbocycles. The zero-order chi connectivity index (χ0) is 14.1. The molecule has 0 aliphatic carbocycles. The Kier molecular flexibility index (Phi) is 3.51. The highest BCUT2D eigenvalue weighted by Gasteiger charge is 2.23. The molecule has 4 heteroatoms. The minimum Gasteiger partial charge on any atom is -0.496 e.